The first-order valence-electron chi connectivity index (χ1n) is 6.63. The summed E-state index contributed by atoms with van der Waals surface area (Å²) in [5.74, 6) is 0.956. The Morgan fingerprint density at radius 1 is 1.20 bits per heavy atom. The number of ether oxygens (including phenoxy) is 1. The SMILES string of the molecule is OCc1cc(Br)ccc1N1CCOc2ccccc2C1. The predicted molar refractivity (Wildman–Crippen MR) is 83.1 cm³/mol. The molecule has 0 aliphatic carbocycles. The number of aliphatic hydroxyl groups is 1. The van der Waals surface area contributed by atoms with Crippen LogP contribution in [0.1, 0.15) is 11.1 Å². The number of hydrogen-bond acceptors (Lipinski definition) is 3. The summed E-state index contributed by atoms with van der Waals surface area (Å²) in [5, 5.41) is 9.56. The molecule has 0 saturated heterocycles. The molecule has 0 bridgehead atoms. The van der Waals surface area contributed by atoms with Crippen LogP contribution in [0.25, 0.3) is 0 Å². The molecular formula is C16H16BrNO2. The lowest BCUT2D eigenvalue weighted by Gasteiger charge is -2.24. The average Bonchev–Trinajstić information content (AvgIpc) is 2.69. The molecule has 0 saturated carbocycles. The molecule has 20 heavy (non-hydrogen) atoms. The van der Waals surface area contributed by atoms with Gasteiger partial charge in [0.05, 0.1) is 13.2 Å². The van der Waals surface area contributed by atoms with Crippen LogP contribution in [-0.2, 0) is 13.2 Å². The Balaban J connectivity index is 1.95. The van der Waals surface area contributed by atoms with Gasteiger partial charge in [-0.2, -0.15) is 0 Å². The normalized spacial score (nSPS) is 14.4. The number of fused-ring (bicyclic) bond motifs is 1. The third-order valence-corrected chi connectivity index (χ3v) is 4.00. The zero-order valence-electron chi connectivity index (χ0n) is 11.1. The van der Waals surface area contributed by atoms with Crippen LogP contribution in [0.5, 0.6) is 5.75 Å². The summed E-state index contributed by atoms with van der Waals surface area (Å²) in [5.41, 5.74) is 3.17. The van der Waals surface area contributed by atoms with Gasteiger partial charge in [-0.3, -0.25) is 0 Å². The Bertz CT molecular complexity index is 615. The molecule has 104 valence electrons. The van der Waals surface area contributed by atoms with E-state index in [-0.39, 0.29) is 6.61 Å². The van der Waals surface area contributed by atoms with E-state index in [0.29, 0.717) is 6.61 Å². The topological polar surface area (TPSA) is 32.7 Å². The molecule has 0 unspecified atom stereocenters. The number of anilines is 1. The van der Waals surface area contributed by atoms with Crippen molar-refractivity contribution in [2.45, 2.75) is 13.2 Å². The van der Waals surface area contributed by atoms with E-state index in [0.717, 1.165) is 34.6 Å². The van der Waals surface area contributed by atoms with E-state index in [4.69, 9.17) is 4.74 Å². The summed E-state index contributed by atoms with van der Waals surface area (Å²) < 4.78 is 6.77. The molecule has 0 amide bonds. The number of nitrogens with zero attached hydrogens (tertiary/aromatic N) is 1. The first kappa shape index (κ1) is 13.5. The summed E-state index contributed by atoms with van der Waals surface area (Å²) >= 11 is 3.45. The Labute approximate surface area is 126 Å². The average molecular weight is 334 g/mol. The molecule has 1 N–H and O–H groups in total. The van der Waals surface area contributed by atoms with E-state index in [1.165, 1.54) is 5.56 Å². The number of rotatable bonds is 2. The Morgan fingerprint density at radius 3 is 2.90 bits per heavy atom. The summed E-state index contributed by atoms with van der Waals surface area (Å²) in [6, 6.07) is 14.1. The van der Waals surface area contributed by atoms with Crippen LogP contribution in [-0.4, -0.2) is 18.3 Å². The highest BCUT2D eigenvalue weighted by Gasteiger charge is 2.17. The van der Waals surface area contributed by atoms with Gasteiger partial charge in [-0.05, 0) is 24.3 Å². The van der Waals surface area contributed by atoms with Crippen molar-refractivity contribution in [3.05, 3.63) is 58.1 Å². The highest BCUT2D eigenvalue weighted by molar-refractivity contribution is 9.10. The van der Waals surface area contributed by atoms with Crippen LogP contribution in [0.4, 0.5) is 5.69 Å². The van der Waals surface area contributed by atoms with Gasteiger partial charge in [-0.15, -0.1) is 0 Å². The third-order valence-electron chi connectivity index (χ3n) is 3.51. The van der Waals surface area contributed by atoms with Crippen molar-refractivity contribution >= 4 is 21.6 Å². The monoisotopic (exact) mass is 333 g/mol. The minimum atomic E-state index is 0.0355. The van der Waals surface area contributed by atoms with Crippen molar-refractivity contribution in [1.29, 1.82) is 0 Å². The third kappa shape index (κ3) is 2.67. The number of halogens is 1. The van der Waals surface area contributed by atoms with Gasteiger partial charge in [0.25, 0.3) is 0 Å². The second kappa shape index (κ2) is 5.85. The molecule has 3 nitrogen and oxygen atoms in total. The molecule has 3 rings (SSSR count). The van der Waals surface area contributed by atoms with Gasteiger partial charge < -0.3 is 14.7 Å². The van der Waals surface area contributed by atoms with Gasteiger partial charge in [0.2, 0.25) is 0 Å². The molecule has 2 aromatic rings. The highest BCUT2D eigenvalue weighted by atomic mass is 79.9. The number of aliphatic hydroxyl groups excluding tert-OH is 1. The maximum Gasteiger partial charge on any atom is 0.124 e. The molecule has 0 fully saturated rings. The van der Waals surface area contributed by atoms with Gasteiger partial charge in [-0.25, -0.2) is 0 Å². The summed E-state index contributed by atoms with van der Waals surface area (Å²) in [4.78, 5) is 2.25. The lowest BCUT2D eigenvalue weighted by molar-refractivity contribution is 0.281. The van der Waals surface area contributed by atoms with Gasteiger partial charge in [0, 0.05) is 27.8 Å². The van der Waals surface area contributed by atoms with E-state index in [9.17, 15) is 5.11 Å². The standard InChI is InChI=1S/C16H16BrNO2/c17-14-5-6-15(13(9-14)11-19)18-7-8-20-16-4-2-1-3-12(16)10-18/h1-6,9,19H,7-8,10-11H2. The maximum absolute atomic E-state index is 9.56. The Morgan fingerprint density at radius 2 is 2.05 bits per heavy atom. The van der Waals surface area contributed by atoms with Crippen molar-refractivity contribution < 1.29 is 9.84 Å². The summed E-state index contributed by atoms with van der Waals surface area (Å²) in [6.07, 6.45) is 0. The fourth-order valence-corrected chi connectivity index (χ4v) is 2.93. The maximum atomic E-state index is 9.56. The predicted octanol–water partition coefficient (Wildman–Crippen LogP) is 3.34. The lowest BCUT2D eigenvalue weighted by atomic mass is 10.1. The highest BCUT2D eigenvalue weighted by Crippen LogP contribution is 2.29. The molecule has 4 heteroatoms. The summed E-state index contributed by atoms with van der Waals surface area (Å²) in [6.45, 7) is 2.29. The summed E-state index contributed by atoms with van der Waals surface area (Å²) in [7, 11) is 0. The molecular weight excluding hydrogens is 318 g/mol. The molecule has 0 radical (unpaired) electrons. The molecule has 1 aliphatic heterocycles. The molecule has 0 spiro atoms. The van der Waals surface area contributed by atoms with Crippen LogP contribution < -0.4 is 9.64 Å². The van der Waals surface area contributed by atoms with Gasteiger partial charge in [0.15, 0.2) is 0 Å². The Kier molecular flexibility index (Phi) is 3.94. The van der Waals surface area contributed by atoms with E-state index < -0.39 is 0 Å². The first-order valence-corrected chi connectivity index (χ1v) is 7.42. The van der Waals surface area contributed by atoms with Crippen LogP contribution in [0.15, 0.2) is 46.9 Å². The van der Waals surface area contributed by atoms with Crippen LogP contribution in [0.2, 0.25) is 0 Å². The van der Waals surface area contributed by atoms with Gasteiger partial charge in [-0.1, -0.05) is 34.1 Å². The van der Waals surface area contributed by atoms with E-state index in [1.54, 1.807) is 0 Å². The fraction of sp³-hybridized carbons (Fsp3) is 0.250. The second-order valence-electron chi connectivity index (χ2n) is 4.81. The van der Waals surface area contributed by atoms with Crippen molar-refractivity contribution in [2.24, 2.45) is 0 Å². The zero-order valence-corrected chi connectivity index (χ0v) is 12.6. The minimum absolute atomic E-state index is 0.0355. The Hall–Kier alpha value is -1.52. The number of para-hydroxylation sites is 1. The van der Waals surface area contributed by atoms with Crippen molar-refractivity contribution in [2.75, 3.05) is 18.1 Å². The smallest absolute Gasteiger partial charge is 0.124 e. The van der Waals surface area contributed by atoms with Crippen molar-refractivity contribution in [3.63, 3.8) is 0 Å². The molecule has 2 aromatic carbocycles. The van der Waals surface area contributed by atoms with Crippen LogP contribution >= 0.6 is 15.9 Å². The number of benzene rings is 2. The van der Waals surface area contributed by atoms with Gasteiger partial charge >= 0.3 is 0 Å². The zero-order chi connectivity index (χ0) is 13.9. The molecule has 0 atom stereocenters. The number of hydrogen-bond donors (Lipinski definition) is 1. The lowest BCUT2D eigenvalue weighted by Crippen LogP contribution is -2.26. The second-order valence-corrected chi connectivity index (χ2v) is 5.72. The molecule has 0 aromatic heterocycles. The van der Waals surface area contributed by atoms with E-state index >= 15 is 0 Å². The van der Waals surface area contributed by atoms with Crippen molar-refractivity contribution in [3.8, 4) is 5.75 Å². The largest absolute Gasteiger partial charge is 0.491 e. The van der Waals surface area contributed by atoms with Crippen LogP contribution in [0.3, 0.4) is 0 Å². The van der Waals surface area contributed by atoms with Gasteiger partial charge in [0.1, 0.15) is 12.4 Å². The minimum Gasteiger partial charge on any atom is -0.491 e. The van der Waals surface area contributed by atoms with Crippen LogP contribution in [0, 0.1) is 0 Å². The van der Waals surface area contributed by atoms with Crippen molar-refractivity contribution in [1.82, 2.24) is 0 Å². The van der Waals surface area contributed by atoms with E-state index in [2.05, 4.69) is 26.9 Å². The van der Waals surface area contributed by atoms with E-state index in [1.807, 2.05) is 36.4 Å². The fourth-order valence-electron chi connectivity index (χ4n) is 2.52. The molecule has 1 heterocycles. The first-order chi connectivity index (χ1) is 9.78. The quantitative estimate of drug-likeness (QED) is 0.914. The molecule has 1 aliphatic rings.